The molecule has 10 heteroatoms. The molecule has 0 fully saturated rings. The summed E-state index contributed by atoms with van der Waals surface area (Å²) in [4.78, 5) is 20.1. The minimum Gasteiger partial charge on any atom is -0.486 e. The second-order valence-corrected chi connectivity index (χ2v) is 10.5. The lowest BCUT2D eigenvalue weighted by Crippen LogP contribution is -2.20. The smallest absolute Gasteiger partial charge is 0.297 e. The molecule has 0 saturated heterocycles. The summed E-state index contributed by atoms with van der Waals surface area (Å²) in [6.45, 7) is 4.92. The van der Waals surface area contributed by atoms with Crippen LogP contribution >= 0.6 is 22.7 Å². The Morgan fingerprint density at radius 2 is 1.76 bits per heavy atom. The summed E-state index contributed by atoms with van der Waals surface area (Å²) in [5.74, 6) is 1.45. The zero-order valence-corrected chi connectivity index (χ0v) is 22.8. The van der Waals surface area contributed by atoms with Gasteiger partial charge in [0, 0.05) is 18.0 Å². The Kier molecular flexibility index (Phi) is 6.34. The second kappa shape index (κ2) is 9.96. The molecule has 38 heavy (non-hydrogen) atoms. The number of nitrogens with zero attached hydrogens (tertiary/aromatic N) is 5. The maximum Gasteiger partial charge on any atom is 0.297 e. The van der Waals surface area contributed by atoms with Crippen molar-refractivity contribution in [2.75, 3.05) is 13.2 Å². The zero-order chi connectivity index (χ0) is 26.2. The van der Waals surface area contributed by atoms with Crippen molar-refractivity contribution in [3.63, 3.8) is 0 Å². The van der Waals surface area contributed by atoms with E-state index in [2.05, 4.69) is 6.07 Å². The first kappa shape index (κ1) is 24.2. The van der Waals surface area contributed by atoms with E-state index in [1.807, 2.05) is 95.6 Å². The molecule has 0 radical (unpaired) electrons. The van der Waals surface area contributed by atoms with Gasteiger partial charge in [-0.3, -0.25) is 9.48 Å². The van der Waals surface area contributed by atoms with Crippen molar-refractivity contribution in [3.05, 3.63) is 97.8 Å². The summed E-state index contributed by atoms with van der Waals surface area (Å²) >= 11 is 3.08. The van der Waals surface area contributed by atoms with Crippen LogP contribution in [0.5, 0.6) is 11.5 Å². The molecule has 1 aliphatic heterocycles. The van der Waals surface area contributed by atoms with Gasteiger partial charge in [0.1, 0.15) is 13.2 Å². The van der Waals surface area contributed by atoms with E-state index in [0.717, 1.165) is 39.0 Å². The quantitative estimate of drug-likeness (QED) is 0.281. The minimum absolute atomic E-state index is 0.179. The van der Waals surface area contributed by atoms with E-state index < -0.39 is 0 Å². The van der Waals surface area contributed by atoms with Crippen LogP contribution in [0.1, 0.15) is 18.2 Å². The van der Waals surface area contributed by atoms with E-state index in [4.69, 9.17) is 19.6 Å². The Hall–Kier alpha value is -4.15. The van der Waals surface area contributed by atoms with Gasteiger partial charge in [-0.05, 0) is 55.6 Å². The van der Waals surface area contributed by atoms with Crippen LogP contribution in [-0.2, 0) is 7.05 Å². The van der Waals surface area contributed by atoms with Gasteiger partial charge in [0.15, 0.2) is 17.2 Å². The van der Waals surface area contributed by atoms with Crippen molar-refractivity contribution in [3.8, 4) is 27.8 Å². The van der Waals surface area contributed by atoms with Crippen molar-refractivity contribution >= 4 is 34.1 Å². The Bertz CT molecular complexity index is 1770. The van der Waals surface area contributed by atoms with Gasteiger partial charge in [0.25, 0.3) is 5.56 Å². The molecule has 0 atom stereocenters. The first-order valence-corrected chi connectivity index (χ1v) is 13.9. The number of thiophene rings is 1. The molecule has 1 aliphatic rings. The molecule has 2 aromatic carbocycles. The highest BCUT2D eigenvalue weighted by Gasteiger charge is 2.18. The maximum absolute atomic E-state index is 13.5. The Morgan fingerprint density at radius 1 is 0.974 bits per heavy atom. The molecule has 0 N–H and O–H groups in total. The molecule has 0 saturated carbocycles. The van der Waals surface area contributed by atoms with Gasteiger partial charge < -0.3 is 9.47 Å². The van der Waals surface area contributed by atoms with Crippen LogP contribution in [0.15, 0.2) is 86.3 Å². The van der Waals surface area contributed by atoms with Crippen LogP contribution in [0.2, 0.25) is 0 Å². The van der Waals surface area contributed by atoms with E-state index in [0.29, 0.717) is 29.5 Å². The van der Waals surface area contributed by atoms with Gasteiger partial charge >= 0.3 is 0 Å². The molecule has 0 unspecified atom stereocenters. The highest BCUT2D eigenvalue weighted by Crippen LogP contribution is 2.31. The van der Waals surface area contributed by atoms with E-state index in [1.54, 1.807) is 16.0 Å². The van der Waals surface area contributed by atoms with E-state index in [1.165, 1.54) is 11.3 Å². The highest BCUT2D eigenvalue weighted by atomic mass is 32.1. The molecule has 3 aromatic heterocycles. The van der Waals surface area contributed by atoms with Crippen molar-refractivity contribution in [2.45, 2.75) is 13.8 Å². The number of fused-ring (bicyclic) bond motifs is 1. The predicted molar refractivity (Wildman–Crippen MR) is 152 cm³/mol. The van der Waals surface area contributed by atoms with Crippen LogP contribution in [-0.4, -0.2) is 33.0 Å². The summed E-state index contributed by atoms with van der Waals surface area (Å²) in [5, 5.41) is 9.04. The number of ether oxygens (including phenoxy) is 2. The molecule has 5 aromatic rings. The number of hydrogen-bond acceptors (Lipinski definition) is 7. The van der Waals surface area contributed by atoms with Crippen LogP contribution in [0, 0.1) is 6.92 Å². The first-order valence-electron chi connectivity index (χ1n) is 12.1. The normalized spacial score (nSPS) is 13.8. The number of rotatable bonds is 5. The van der Waals surface area contributed by atoms with Crippen LogP contribution in [0.25, 0.3) is 16.3 Å². The SMILES string of the molecule is C/C(=N\n1c(-c2cccs2)csc1=Nc1c(C)n(C)n(-c2ccccc2)c1=O)c1ccc2c(c1)OCCO2. The van der Waals surface area contributed by atoms with Crippen molar-refractivity contribution in [2.24, 2.45) is 17.1 Å². The molecule has 0 spiro atoms. The average Bonchev–Trinajstić information content (AvgIpc) is 3.66. The van der Waals surface area contributed by atoms with E-state index >= 15 is 0 Å². The van der Waals surface area contributed by atoms with Gasteiger partial charge in [0.2, 0.25) is 4.80 Å². The molecular formula is C28H25N5O3S2. The molecule has 4 heterocycles. The van der Waals surface area contributed by atoms with Crippen LogP contribution in [0.3, 0.4) is 0 Å². The molecular weight excluding hydrogens is 518 g/mol. The summed E-state index contributed by atoms with van der Waals surface area (Å²) in [6.07, 6.45) is 0. The monoisotopic (exact) mass is 543 g/mol. The Morgan fingerprint density at radius 3 is 2.53 bits per heavy atom. The van der Waals surface area contributed by atoms with Gasteiger partial charge in [-0.15, -0.1) is 22.7 Å². The predicted octanol–water partition coefficient (Wildman–Crippen LogP) is 5.35. The summed E-state index contributed by atoms with van der Waals surface area (Å²) < 4.78 is 16.7. The third-order valence-corrected chi connectivity index (χ3v) is 8.11. The minimum atomic E-state index is -0.179. The zero-order valence-electron chi connectivity index (χ0n) is 21.1. The van der Waals surface area contributed by atoms with Gasteiger partial charge in [0.05, 0.1) is 27.7 Å². The fourth-order valence-corrected chi connectivity index (χ4v) is 5.95. The second-order valence-electron chi connectivity index (χ2n) is 8.76. The largest absolute Gasteiger partial charge is 0.486 e. The number of aromatic nitrogens is 3. The van der Waals surface area contributed by atoms with Gasteiger partial charge in [-0.25, -0.2) is 14.4 Å². The van der Waals surface area contributed by atoms with Gasteiger partial charge in [-0.1, -0.05) is 24.3 Å². The molecule has 8 nitrogen and oxygen atoms in total. The number of thiazole rings is 1. The molecule has 0 bridgehead atoms. The van der Waals surface area contributed by atoms with Crippen LogP contribution < -0.4 is 19.8 Å². The highest BCUT2D eigenvalue weighted by molar-refractivity contribution is 7.14. The average molecular weight is 544 g/mol. The van der Waals surface area contributed by atoms with Gasteiger partial charge in [-0.2, -0.15) is 5.10 Å². The number of hydrogen-bond donors (Lipinski definition) is 0. The van der Waals surface area contributed by atoms with Crippen molar-refractivity contribution in [1.29, 1.82) is 0 Å². The summed E-state index contributed by atoms with van der Waals surface area (Å²) in [5.41, 5.74) is 4.37. The summed E-state index contributed by atoms with van der Waals surface area (Å²) in [6, 6.07) is 19.5. The Balaban J connectivity index is 1.51. The molecule has 0 amide bonds. The standard InChI is InChI=1S/C28H25N5O3S2/c1-18(20-11-12-23-24(16-20)36-14-13-35-23)30-32-22(25-10-7-15-37-25)17-38-28(32)29-26-19(2)31(3)33(27(26)34)21-8-5-4-6-9-21/h4-12,15-17H,13-14H2,1-3H3/b29-28?,30-18+. The van der Waals surface area contributed by atoms with Crippen molar-refractivity contribution in [1.82, 2.24) is 14.0 Å². The molecule has 0 aliphatic carbocycles. The lowest BCUT2D eigenvalue weighted by atomic mass is 10.1. The lowest BCUT2D eigenvalue weighted by Gasteiger charge is -2.18. The van der Waals surface area contributed by atoms with E-state index in [9.17, 15) is 4.79 Å². The maximum atomic E-state index is 13.5. The molecule has 192 valence electrons. The Labute approximate surface area is 227 Å². The fraction of sp³-hybridized carbons (Fsp3) is 0.179. The fourth-order valence-electron chi connectivity index (χ4n) is 4.32. The number of benzene rings is 2. The third-order valence-electron chi connectivity index (χ3n) is 6.40. The topological polar surface area (TPSA) is 75.0 Å². The third kappa shape index (κ3) is 4.31. The molecule has 6 rings (SSSR count). The first-order chi connectivity index (χ1) is 18.5. The van der Waals surface area contributed by atoms with Crippen molar-refractivity contribution < 1.29 is 9.47 Å². The number of para-hydroxylation sites is 1. The summed E-state index contributed by atoms with van der Waals surface area (Å²) in [7, 11) is 1.87. The van der Waals surface area contributed by atoms with E-state index in [-0.39, 0.29) is 5.56 Å². The van der Waals surface area contributed by atoms with Crippen LogP contribution in [0.4, 0.5) is 5.69 Å². The lowest BCUT2D eigenvalue weighted by molar-refractivity contribution is 0.171.